The monoisotopic (exact) mass is 424 g/mol. The molecule has 31 heavy (non-hydrogen) atoms. The van der Waals surface area contributed by atoms with Crippen molar-refractivity contribution in [1.82, 2.24) is 20.1 Å². The van der Waals surface area contributed by atoms with Gasteiger partial charge in [-0.1, -0.05) is 20.8 Å². The van der Waals surface area contributed by atoms with Crippen LogP contribution in [0.1, 0.15) is 44.7 Å². The molecule has 2 heterocycles. The average molecular weight is 425 g/mol. The summed E-state index contributed by atoms with van der Waals surface area (Å²) >= 11 is 0. The summed E-state index contributed by atoms with van der Waals surface area (Å²) in [5.74, 6) is 1.84. The number of carbonyl (C=O) groups excluding carboxylic acids is 1. The van der Waals surface area contributed by atoms with Crippen LogP contribution in [0.15, 0.2) is 29.3 Å². The van der Waals surface area contributed by atoms with Gasteiger partial charge in [0.1, 0.15) is 6.54 Å². The Kier molecular flexibility index (Phi) is 5.49. The highest BCUT2D eigenvalue weighted by Gasteiger charge is 2.56. The maximum absolute atomic E-state index is 12.9. The third-order valence-electron chi connectivity index (χ3n) is 7.63. The van der Waals surface area contributed by atoms with Gasteiger partial charge in [-0.15, -0.1) is 5.10 Å². The molecule has 3 saturated carbocycles. The lowest BCUT2D eigenvalue weighted by Gasteiger charge is -2.62. The molecule has 8 nitrogen and oxygen atoms in total. The van der Waals surface area contributed by atoms with Crippen molar-refractivity contribution in [2.24, 2.45) is 23.2 Å². The average Bonchev–Trinajstić information content (AvgIpc) is 2.74. The van der Waals surface area contributed by atoms with Gasteiger partial charge in [-0.3, -0.25) is 14.6 Å². The summed E-state index contributed by atoms with van der Waals surface area (Å²) in [5, 5.41) is 10.5. The number of aromatic nitrogens is 3. The number of fused-ring (bicyclic) bond motifs is 2. The number of carbonyl (C=O) groups is 1. The summed E-state index contributed by atoms with van der Waals surface area (Å²) in [4.78, 5) is 29.1. The Morgan fingerprint density at radius 2 is 2.00 bits per heavy atom. The molecule has 3 fully saturated rings. The lowest BCUT2D eigenvalue weighted by molar-refractivity contribution is -0.122. The van der Waals surface area contributed by atoms with Crippen molar-refractivity contribution < 1.29 is 4.79 Å². The molecule has 0 radical (unpaired) electrons. The molecule has 3 aliphatic rings. The van der Waals surface area contributed by atoms with E-state index < -0.39 is 0 Å². The Bertz CT molecular complexity index is 1030. The molecule has 2 aromatic heterocycles. The number of anilines is 2. The van der Waals surface area contributed by atoms with Crippen LogP contribution in [-0.2, 0) is 17.9 Å². The summed E-state index contributed by atoms with van der Waals surface area (Å²) in [6.45, 7) is 8.94. The molecular weight excluding hydrogens is 392 g/mol. The normalized spacial score (nSPS) is 26.1. The summed E-state index contributed by atoms with van der Waals surface area (Å²) in [5.41, 5.74) is 8.35. The second-order valence-electron chi connectivity index (χ2n) is 9.69. The minimum Gasteiger partial charge on any atom is -0.381 e. The van der Waals surface area contributed by atoms with E-state index in [1.54, 1.807) is 19.3 Å². The van der Waals surface area contributed by atoms with Crippen molar-refractivity contribution in [3.05, 3.63) is 46.0 Å². The molecular formula is C23H32N6O2. The highest BCUT2D eigenvalue weighted by atomic mass is 16.2. The molecule has 0 aromatic carbocycles. The molecule has 0 aliphatic heterocycles. The maximum Gasteiger partial charge on any atom is 0.272 e. The summed E-state index contributed by atoms with van der Waals surface area (Å²) < 4.78 is 1.14. The second-order valence-corrected chi connectivity index (χ2v) is 9.69. The lowest BCUT2D eigenvalue weighted by atomic mass is 9.45. The number of hydrogen-bond acceptors (Lipinski definition) is 6. The van der Waals surface area contributed by atoms with Crippen LogP contribution in [0.5, 0.6) is 0 Å². The standard InChI is InChI=1S/C23H32N6O2/c1-13-17-9-16(23(17,3)4)10-18(13)27-20-14(2)22(31)29(28-21(20)24)12-19(30)26-11-15-5-7-25-8-6-15/h5-8,13,16-18,27H,9-12H2,1-4H3,(H2,24,28)(H,26,30)/t13-,16+,17-,18-/m1/s1. The molecule has 4 N–H and O–H groups in total. The predicted molar refractivity (Wildman–Crippen MR) is 120 cm³/mol. The molecule has 2 bridgehead atoms. The van der Waals surface area contributed by atoms with Crippen molar-refractivity contribution in [1.29, 1.82) is 0 Å². The van der Waals surface area contributed by atoms with Crippen LogP contribution >= 0.6 is 0 Å². The minimum absolute atomic E-state index is 0.173. The Labute approximate surface area is 182 Å². The van der Waals surface area contributed by atoms with Crippen LogP contribution in [0.4, 0.5) is 11.5 Å². The van der Waals surface area contributed by atoms with Crippen molar-refractivity contribution >= 4 is 17.4 Å². The first kappa shape index (κ1) is 21.3. The maximum atomic E-state index is 12.9. The number of hydrogen-bond donors (Lipinski definition) is 3. The van der Waals surface area contributed by atoms with E-state index in [-0.39, 0.29) is 29.9 Å². The Morgan fingerprint density at radius 3 is 2.65 bits per heavy atom. The number of nitrogens with one attached hydrogen (secondary N) is 2. The van der Waals surface area contributed by atoms with Gasteiger partial charge in [0.25, 0.3) is 5.56 Å². The van der Waals surface area contributed by atoms with Gasteiger partial charge < -0.3 is 16.4 Å². The number of amides is 1. The summed E-state index contributed by atoms with van der Waals surface area (Å²) in [6, 6.07) is 3.92. The molecule has 5 rings (SSSR count). The molecule has 0 saturated heterocycles. The summed E-state index contributed by atoms with van der Waals surface area (Å²) in [7, 11) is 0. The van der Waals surface area contributed by atoms with Crippen LogP contribution in [0.25, 0.3) is 0 Å². The van der Waals surface area contributed by atoms with E-state index in [0.717, 1.165) is 16.7 Å². The summed E-state index contributed by atoms with van der Waals surface area (Å²) in [6.07, 6.45) is 5.70. The van der Waals surface area contributed by atoms with Crippen molar-refractivity contribution in [2.75, 3.05) is 11.1 Å². The molecule has 2 aromatic rings. The van der Waals surface area contributed by atoms with Gasteiger partial charge in [0, 0.05) is 30.5 Å². The Balaban J connectivity index is 1.44. The fourth-order valence-corrected chi connectivity index (χ4v) is 5.43. The zero-order chi connectivity index (χ0) is 22.3. The van der Waals surface area contributed by atoms with Crippen molar-refractivity contribution in [3.8, 4) is 0 Å². The molecule has 1 amide bonds. The van der Waals surface area contributed by atoms with Gasteiger partial charge in [-0.2, -0.15) is 0 Å². The zero-order valence-electron chi connectivity index (χ0n) is 18.7. The smallest absolute Gasteiger partial charge is 0.272 e. The number of nitrogen functional groups attached to an aromatic ring is 1. The first-order valence-electron chi connectivity index (χ1n) is 11.0. The van der Waals surface area contributed by atoms with Crippen molar-refractivity contribution in [3.63, 3.8) is 0 Å². The molecule has 4 atom stereocenters. The van der Waals surface area contributed by atoms with Gasteiger partial charge >= 0.3 is 0 Å². The first-order valence-corrected chi connectivity index (χ1v) is 11.0. The number of rotatable bonds is 6. The van der Waals surface area contributed by atoms with Gasteiger partial charge in [0.05, 0.1) is 5.69 Å². The van der Waals surface area contributed by atoms with Gasteiger partial charge in [-0.05, 0) is 60.6 Å². The molecule has 0 spiro atoms. The van der Waals surface area contributed by atoms with E-state index in [1.165, 1.54) is 6.42 Å². The van der Waals surface area contributed by atoms with Gasteiger partial charge in [-0.25, -0.2) is 4.68 Å². The fraction of sp³-hybridized carbons (Fsp3) is 0.565. The molecule has 166 valence electrons. The van der Waals surface area contributed by atoms with Crippen molar-refractivity contribution in [2.45, 2.75) is 59.7 Å². The second kappa shape index (κ2) is 7.98. The minimum atomic E-state index is -0.301. The third kappa shape index (κ3) is 3.91. The zero-order valence-corrected chi connectivity index (χ0v) is 18.7. The topological polar surface area (TPSA) is 115 Å². The van der Waals surface area contributed by atoms with E-state index in [2.05, 4.69) is 41.5 Å². The quantitative estimate of drug-likeness (QED) is 0.656. The SMILES string of the molecule is Cc1c(N[C@@H]2C[C@@H]3C[C@H]([C@H]2C)C3(C)C)c(N)nn(CC(=O)NCc2ccncc2)c1=O. The van der Waals surface area contributed by atoms with Gasteiger partial charge in [0.15, 0.2) is 5.82 Å². The largest absolute Gasteiger partial charge is 0.381 e. The van der Waals surface area contributed by atoms with E-state index in [9.17, 15) is 9.59 Å². The van der Waals surface area contributed by atoms with Crippen LogP contribution in [0, 0.1) is 30.1 Å². The van der Waals surface area contributed by atoms with Crippen LogP contribution in [-0.4, -0.2) is 26.7 Å². The van der Waals surface area contributed by atoms with E-state index in [0.29, 0.717) is 41.0 Å². The predicted octanol–water partition coefficient (Wildman–Crippen LogP) is 2.33. The van der Waals surface area contributed by atoms with Crippen LogP contribution in [0.3, 0.4) is 0 Å². The highest BCUT2D eigenvalue weighted by molar-refractivity contribution is 5.76. The third-order valence-corrected chi connectivity index (χ3v) is 7.63. The van der Waals surface area contributed by atoms with E-state index in [4.69, 9.17) is 5.73 Å². The lowest BCUT2D eigenvalue weighted by Crippen LogP contribution is -2.58. The fourth-order valence-electron chi connectivity index (χ4n) is 5.43. The van der Waals surface area contributed by atoms with E-state index >= 15 is 0 Å². The van der Waals surface area contributed by atoms with Gasteiger partial charge in [0.2, 0.25) is 5.91 Å². The molecule has 8 heteroatoms. The van der Waals surface area contributed by atoms with Crippen LogP contribution in [0.2, 0.25) is 0 Å². The Hall–Kier alpha value is -2.90. The number of nitrogens with zero attached hydrogens (tertiary/aromatic N) is 3. The van der Waals surface area contributed by atoms with E-state index in [1.807, 2.05) is 12.1 Å². The first-order chi connectivity index (χ1) is 14.7. The molecule has 0 unspecified atom stereocenters. The number of pyridine rings is 1. The Morgan fingerprint density at radius 1 is 1.29 bits per heavy atom. The highest BCUT2D eigenvalue weighted by Crippen LogP contribution is 2.61. The van der Waals surface area contributed by atoms with Crippen LogP contribution < -0.4 is 21.9 Å². The molecule has 3 aliphatic carbocycles. The number of nitrogens with two attached hydrogens (primary N) is 1.